The van der Waals surface area contributed by atoms with E-state index in [1.54, 1.807) is 0 Å². The van der Waals surface area contributed by atoms with Gasteiger partial charge in [-0.2, -0.15) is 13.2 Å². The van der Waals surface area contributed by atoms with Gasteiger partial charge in [-0.05, 0) is 18.8 Å². The van der Waals surface area contributed by atoms with Crippen molar-refractivity contribution in [2.75, 3.05) is 40.3 Å². The van der Waals surface area contributed by atoms with Gasteiger partial charge in [0.1, 0.15) is 0 Å². The van der Waals surface area contributed by atoms with Crippen molar-refractivity contribution in [3.63, 3.8) is 0 Å². The van der Waals surface area contributed by atoms with Crippen molar-refractivity contribution in [1.82, 2.24) is 9.80 Å². The average molecular weight is 297 g/mol. The van der Waals surface area contributed by atoms with Crippen molar-refractivity contribution in [3.05, 3.63) is 11.6 Å². The van der Waals surface area contributed by atoms with Crippen LogP contribution in [0.1, 0.15) is 13.8 Å². The summed E-state index contributed by atoms with van der Waals surface area (Å²) in [4.78, 5) is 7.26. The summed E-state index contributed by atoms with van der Waals surface area (Å²) < 4.78 is 37.5. The molecule has 1 fully saturated rings. The van der Waals surface area contributed by atoms with Crippen molar-refractivity contribution < 1.29 is 13.2 Å². The smallest absolute Gasteiger partial charge is 0.364 e. The highest BCUT2D eigenvalue weighted by Crippen LogP contribution is 2.30. The first kappa shape index (κ1) is 18.3. The third kappa shape index (κ3) is 6.33. The van der Waals surface area contributed by atoms with Gasteiger partial charge in [0.25, 0.3) is 0 Å². The van der Waals surface area contributed by atoms with Gasteiger partial charge in [0.15, 0.2) is 5.04 Å². The third-order valence-electron chi connectivity index (χ3n) is 2.52. The molecule has 0 aromatic rings. The highest BCUT2D eigenvalue weighted by molar-refractivity contribution is 8.17. The van der Waals surface area contributed by atoms with E-state index >= 15 is 0 Å². The van der Waals surface area contributed by atoms with Crippen LogP contribution in [-0.2, 0) is 0 Å². The van der Waals surface area contributed by atoms with E-state index in [2.05, 4.69) is 16.5 Å². The Morgan fingerprint density at radius 2 is 1.63 bits per heavy atom. The van der Waals surface area contributed by atoms with E-state index < -0.39 is 11.2 Å². The van der Waals surface area contributed by atoms with Crippen LogP contribution in [0, 0.1) is 0 Å². The number of halogens is 3. The molecule has 0 saturated carbocycles. The molecule has 0 aliphatic carbocycles. The molecule has 0 bridgehead atoms. The second-order valence-corrected chi connectivity index (χ2v) is 4.87. The molecule has 0 spiro atoms. The van der Waals surface area contributed by atoms with Gasteiger partial charge >= 0.3 is 6.18 Å². The molecule has 1 aliphatic heterocycles. The highest BCUT2D eigenvalue weighted by atomic mass is 32.2. The van der Waals surface area contributed by atoms with Gasteiger partial charge in [-0.1, -0.05) is 20.4 Å². The molecule has 0 amide bonds. The van der Waals surface area contributed by atoms with Crippen molar-refractivity contribution >= 4 is 16.8 Å². The minimum Gasteiger partial charge on any atom is -0.364 e. The summed E-state index contributed by atoms with van der Waals surface area (Å²) in [5, 5.41) is -0.433. The lowest BCUT2D eigenvalue weighted by Crippen LogP contribution is -2.43. The number of aliphatic imine (C=N–C) groups is 1. The van der Waals surface area contributed by atoms with Gasteiger partial charge < -0.3 is 9.80 Å². The van der Waals surface area contributed by atoms with Crippen LogP contribution in [0.25, 0.3) is 0 Å². The fourth-order valence-corrected chi connectivity index (χ4v) is 2.20. The van der Waals surface area contributed by atoms with Crippen LogP contribution in [0.4, 0.5) is 13.2 Å². The minimum atomic E-state index is -4.39. The molecule has 1 heterocycles. The number of rotatable bonds is 2. The van der Waals surface area contributed by atoms with Gasteiger partial charge in [-0.15, -0.1) is 0 Å². The Labute approximate surface area is 117 Å². The molecule has 3 nitrogen and oxygen atoms in total. The fraction of sp³-hybridized carbons (Fsp3) is 0.750. The number of hydrogen-bond donors (Lipinski definition) is 0. The van der Waals surface area contributed by atoms with E-state index in [0.29, 0.717) is 29.9 Å². The topological polar surface area (TPSA) is 18.8 Å². The second kappa shape index (κ2) is 8.47. The van der Waals surface area contributed by atoms with Gasteiger partial charge in [0.2, 0.25) is 0 Å². The van der Waals surface area contributed by atoms with E-state index in [1.807, 2.05) is 25.8 Å². The van der Waals surface area contributed by atoms with Crippen LogP contribution < -0.4 is 0 Å². The van der Waals surface area contributed by atoms with Crippen molar-refractivity contribution in [1.29, 1.82) is 0 Å². The lowest BCUT2D eigenvalue weighted by Gasteiger charge is -2.34. The molecule has 112 valence electrons. The molecule has 1 aliphatic rings. The summed E-state index contributed by atoms with van der Waals surface area (Å²) in [6, 6.07) is 0. The Morgan fingerprint density at radius 1 is 1.16 bits per heavy atom. The summed E-state index contributed by atoms with van der Waals surface area (Å²) in [5.41, 5.74) is 0. The zero-order valence-corrected chi connectivity index (χ0v) is 12.7. The molecular weight excluding hydrogens is 275 g/mol. The lowest BCUT2D eigenvalue weighted by atomic mass is 10.3. The van der Waals surface area contributed by atoms with Gasteiger partial charge in [0.05, 0.1) is 5.03 Å². The molecule has 1 saturated heterocycles. The minimum absolute atomic E-state index is 0.413. The maximum absolute atomic E-state index is 12.5. The number of nitrogens with zero attached hydrogens (tertiary/aromatic N) is 3. The first-order valence-electron chi connectivity index (χ1n) is 6.19. The van der Waals surface area contributed by atoms with Gasteiger partial charge in [-0.25, -0.2) is 0 Å². The molecule has 0 N–H and O–H groups in total. The normalized spacial score (nSPS) is 17.8. The van der Waals surface area contributed by atoms with E-state index in [0.717, 1.165) is 20.1 Å². The molecule has 19 heavy (non-hydrogen) atoms. The van der Waals surface area contributed by atoms with Crippen molar-refractivity contribution in [2.45, 2.75) is 20.0 Å². The Morgan fingerprint density at radius 3 is 2.00 bits per heavy atom. The maximum Gasteiger partial charge on any atom is 0.439 e. The molecule has 0 aromatic carbocycles. The highest BCUT2D eigenvalue weighted by Gasteiger charge is 2.37. The fourth-order valence-electron chi connectivity index (χ4n) is 1.46. The summed E-state index contributed by atoms with van der Waals surface area (Å²) >= 11 is 0.597. The largest absolute Gasteiger partial charge is 0.439 e. The zero-order chi connectivity index (χ0) is 15.1. The third-order valence-corrected chi connectivity index (χ3v) is 3.62. The maximum atomic E-state index is 12.5. The molecule has 0 radical (unpaired) electrons. The van der Waals surface area contributed by atoms with Crippen LogP contribution in [0.2, 0.25) is 0 Å². The van der Waals surface area contributed by atoms with Gasteiger partial charge in [0, 0.05) is 33.2 Å². The molecule has 1 rings (SSSR count). The molecular formula is C12H22F3N3S. The first-order valence-corrected chi connectivity index (χ1v) is 7.00. The van der Waals surface area contributed by atoms with Crippen LogP contribution in [0.5, 0.6) is 0 Å². The Hall–Kier alpha value is -0.690. The summed E-state index contributed by atoms with van der Waals surface area (Å²) in [6.07, 6.45) is -4.39. The van der Waals surface area contributed by atoms with Crippen molar-refractivity contribution in [2.24, 2.45) is 4.99 Å². The number of alkyl halides is 3. The van der Waals surface area contributed by atoms with E-state index in [9.17, 15) is 13.2 Å². The molecule has 0 atom stereocenters. The first-order chi connectivity index (χ1) is 8.84. The van der Waals surface area contributed by atoms with Crippen LogP contribution in [0.3, 0.4) is 0 Å². The number of piperazine rings is 1. The van der Waals surface area contributed by atoms with E-state index in [-0.39, 0.29) is 0 Å². The molecule has 7 heteroatoms. The standard InChI is InChI=1S/C10H16F3N3S.C2H6/c1-8(16-6-4-15(3)5-7-16)17-9(14-2)10(11,12)13;1-2/h1,4-7H2,2-3H3;1-2H3. The summed E-state index contributed by atoms with van der Waals surface area (Å²) in [6.45, 7) is 10.8. The number of likely N-dealkylation sites (N-methyl/N-ethyl adjacent to an activating group) is 1. The summed E-state index contributed by atoms with van der Waals surface area (Å²) in [5.74, 6) is 0. The van der Waals surface area contributed by atoms with E-state index in [1.165, 1.54) is 0 Å². The SMILES string of the molecule is C=C(SC(=NC)C(F)(F)F)N1CCN(C)CC1.CC. The Balaban J connectivity index is 0.00000154. The number of thioether (sulfide) groups is 1. The predicted octanol–water partition coefficient (Wildman–Crippen LogP) is 3.06. The Kier molecular flexibility index (Phi) is 8.17. The van der Waals surface area contributed by atoms with Crippen LogP contribution in [0.15, 0.2) is 16.6 Å². The average Bonchev–Trinajstić information content (AvgIpc) is 2.37. The zero-order valence-electron chi connectivity index (χ0n) is 11.9. The Bertz CT molecular complexity index is 308. The molecule has 0 unspecified atom stereocenters. The quantitative estimate of drug-likeness (QED) is 0.577. The van der Waals surface area contributed by atoms with Gasteiger partial charge in [-0.3, -0.25) is 4.99 Å². The van der Waals surface area contributed by atoms with E-state index in [4.69, 9.17) is 0 Å². The number of hydrogen-bond acceptors (Lipinski definition) is 4. The second-order valence-electron chi connectivity index (χ2n) is 3.81. The lowest BCUT2D eigenvalue weighted by molar-refractivity contribution is -0.0555. The van der Waals surface area contributed by atoms with Crippen LogP contribution in [-0.4, -0.2) is 61.3 Å². The van der Waals surface area contributed by atoms with Crippen LogP contribution >= 0.6 is 11.8 Å². The summed E-state index contributed by atoms with van der Waals surface area (Å²) in [7, 11) is 3.13. The monoisotopic (exact) mass is 297 g/mol. The molecule has 0 aromatic heterocycles. The van der Waals surface area contributed by atoms with Crippen molar-refractivity contribution in [3.8, 4) is 0 Å². The predicted molar refractivity (Wildman–Crippen MR) is 76.6 cm³/mol.